The molecular formula is C12H14BrClFNO. The number of carbonyl (C=O) groups excluding carboxylic acids is 1. The predicted octanol–water partition coefficient (Wildman–Crippen LogP) is 3.58. The van der Waals surface area contributed by atoms with Crippen LogP contribution in [0.15, 0.2) is 22.7 Å². The molecule has 17 heavy (non-hydrogen) atoms. The number of rotatable bonds is 5. The minimum absolute atomic E-state index is 0.210. The molecule has 0 bridgehead atoms. The van der Waals surface area contributed by atoms with Crippen LogP contribution in [-0.2, 0) is 0 Å². The summed E-state index contributed by atoms with van der Waals surface area (Å²) in [6.07, 6.45) is 0.854. The van der Waals surface area contributed by atoms with E-state index in [4.69, 9.17) is 11.6 Å². The van der Waals surface area contributed by atoms with Gasteiger partial charge in [-0.3, -0.25) is 4.79 Å². The van der Waals surface area contributed by atoms with Crippen molar-refractivity contribution in [3.05, 3.63) is 34.1 Å². The van der Waals surface area contributed by atoms with E-state index in [1.807, 2.05) is 6.92 Å². The Bertz CT molecular complexity index is 400. The molecule has 0 aliphatic rings. The Balaban J connectivity index is 2.58. The molecule has 0 saturated heterocycles. The van der Waals surface area contributed by atoms with Gasteiger partial charge in [0.1, 0.15) is 5.82 Å². The average molecular weight is 323 g/mol. The van der Waals surface area contributed by atoms with Crippen molar-refractivity contribution in [2.45, 2.75) is 13.3 Å². The largest absolute Gasteiger partial charge is 0.352 e. The maximum atomic E-state index is 12.8. The smallest absolute Gasteiger partial charge is 0.252 e. The van der Waals surface area contributed by atoms with Gasteiger partial charge in [0.15, 0.2) is 0 Å². The molecule has 0 heterocycles. The summed E-state index contributed by atoms with van der Waals surface area (Å²) in [7, 11) is 0. The van der Waals surface area contributed by atoms with Gasteiger partial charge in [0.05, 0.1) is 5.56 Å². The minimum atomic E-state index is -0.371. The van der Waals surface area contributed by atoms with Crippen molar-refractivity contribution in [3.8, 4) is 0 Å². The quantitative estimate of drug-likeness (QED) is 0.825. The first-order chi connectivity index (χ1) is 8.04. The van der Waals surface area contributed by atoms with Crippen LogP contribution in [0.1, 0.15) is 23.7 Å². The number of hydrogen-bond donors (Lipinski definition) is 1. The molecule has 1 unspecified atom stereocenters. The number of amides is 1. The Morgan fingerprint density at radius 1 is 1.59 bits per heavy atom. The van der Waals surface area contributed by atoms with Gasteiger partial charge >= 0.3 is 0 Å². The van der Waals surface area contributed by atoms with Crippen LogP contribution in [0.25, 0.3) is 0 Å². The molecule has 0 radical (unpaired) electrons. The average Bonchev–Trinajstić information content (AvgIpc) is 2.26. The van der Waals surface area contributed by atoms with Crippen molar-refractivity contribution in [3.63, 3.8) is 0 Å². The third kappa shape index (κ3) is 4.64. The van der Waals surface area contributed by atoms with Crippen molar-refractivity contribution in [2.24, 2.45) is 5.92 Å². The zero-order valence-corrected chi connectivity index (χ0v) is 11.8. The summed E-state index contributed by atoms with van der Waals surface area (Å²) in [6.45, 7) is 2.58. The highest BCUT2D eigenvalue weighted by Gasteiger charge is 2.11. The van der Waals surface area contributed by atoms with Crippen molar-refractivity contribution >= 4 is 33.4 Å². The molecule has 1 rings (SSSR count). The van der Waals surface area contributed by atoms with E-state index in [-0.39, 0.29) is 11.7 Å². The van der Waals surface area contributed by atoms with E-state index in [0.717, 1.165) is 6.42 Å². The van der Waals surface area contributed by atoms with E-state index in [1.54, 1.807) is 0 Å². The fourth-order valence-electron chi connectivity index (χ4n) is 1.32. The summed E-state index contributed by atoms with van der Waals surface area (Å²) in [4.78, 5) is 11.8. The summed E-state index contributed by atoms with van der Waals surface area (Å²) in [5.74, 6) is 0.329. The van der Waals surface area contributed by atoms with E-state index in [1.165, 1.54) is 18.2 Å². The van der Waals surface area contributed by atoms with Gasteiger partial charge < -0.3 is 5.32 Å². The van der Waals surface area contributed by atoms with E-state index in [0.29, 0.717) is 28.4 Å². The molecule has 1 amide bonds. The Morgan fingerprint density at radius 2 is 2.29 bits per heavy atom. The third-order valence-corrected chi connectivity index (χ3v) is 3.26. The summed E-state index contributed by atoms with van der Waals surface area (Å²) in [5.41, 5.74) is 0.435. The van der Waals surface area contributed by atoms with Gasteiger partial charge in [0.25, 0.3) is 5.91 Å². The van der Waals surface area contributed by atoms with E-state index >= 15 is 0 Å². The Kier molecular flexibility index (Phi) is 5.92. The molecule has 0 spiro atoms. The fraction of sp³-hybridized carbons (Fsp3) is 0.417. The lowest BCUT2D eigenvalue weighted by molar-refractivity contribution is 0.0947. The summed E-state index contributed by atoms with van der Waals surface area (Å²) in [5, 5.41) is 2.79. The molecule has 0 aromatic heterocycles. The van der Waals surface area contributed by atoms with Crippen LogP contribution in [-0.4, -0.2) is 18.3 Å². The van der Waals surface area contributed by atoms with Crippen LogP contribution in [0, 0.1) is 11.7 Å². The molecule has 1 atom stereocenters. The standard InChI is InChI=1S/C12H14BrClFNO/c1-8(4-5-14)7-16-12(17)10-3-2-9(15)6-11(10)13/h2-3,6,8H,4-5,7H2,1H3,(H,16,17). The van der Waals surface area contributed by atoms with Gasteiger partial charge in [-0.2, -0.15) is 0 Å². The van der Waals surface area contributed by atoms with Crippen LogP contribution < -0.4 is 5.32 Å². The maximum Gasteiger partial charge on any atom is 0.252 e. The van der Waals surface area contributed by atoms with Gasteiger partial charge in [0.2, 0.25) is 0 Å². The first-order valence-corrected chi connectivity index (χ1v) is 6.66. The number of benzene rings is 1. The van der Waals surface area contributed by atoms with E-state index in [9.17, 15) is 9.18 Å². The van der Waals surface area contributed by atoms with E-state index in [2.05, 4.69) is 21.2 Å². The number of nitrogens with one attached hydrogen (secondary N) is 1. The SMILES string of the molecule is CC(CCCl)CNC(=O)c1ccc(F)cc1Br. The molecule has 5 heteroatoms. The van der Waals surface area contributed by atoms with Crippen molar-refractivity contribution in [2.75, 3.05) is 12.4 Å². The van der Waals surface area contributed by atoms with Crippen molar-refractivity contribution in [1.82, 2.24) is 5.32 Å². The molecule has 0 fully saturated rings. The summed E-state index contributed by atoms with van der Waals surface area (Å²) in [6, 6.07) is 4.00. The fourth-order valence-corrected chi connectivity index (χ4v) is 2.23. The number of carbonyl (C=O) groups is 1. The number of hydrogen-bond acceptors (Lipinski definition) is 1. The van der Waals surface area contributed by atoms with Gasteiger partial charge in [0, 0.05) is 16.9 Å². The molecule has 1 aromatic rings. The molecule has 2 nitrogen and oxygen atoms in total. The zero-order chi connectivity index (χ0) is 12.8. The summed E-state index contributed by atoms with van der Waals surface area (Å²) < 4.78 is 13.3. The Morgan fingerprint density at radius 3 is 2.88 bits per heavy atom. The highest BCUT2D eigenvalue weighted by Crippen LogP contribution is 2.17. The van der Waals surface area contributed by atoms with E-state index < -0.39 is 0 Å². The molecule has 1 aromatic carbocycles. The minimum Gasteiger partial charge on any atom is -0.352 e. The molecular weight excluding hydrogens is 308 g/mol. The van der Waals surface area contributed by atoms with Gasteiger partial charge in [-0.05, 0) is 46.5 Å². The topological polar surface area (TPSA) is 29.1 Å². The van der Waals surface area contributed by atoms with Gasteiger partial charge in [-0.15, -0.1) is 11.6 Å². The summed E-state index contributed by atoms with van der Waals surface area (Å²) >= 11 is 8.77. The van der Waals surface area contributed by atoms with Gasteiger partial charge in [-0.1, -0.05) is 6.92 Å². The lowest BCUT2D eigenvalue weighted by Crippen LogP contribution is -2.28. The highest BCUT2D eigenvalue weighted by atomic mass is 79.9. The monoisotopic (exact) mass is 321 g/mol. The van der Waals surface area contributed by atoms with Crippen molar-refractivity contribution < 1.29 is 9.18 Å². The molecule has 94 valence electrons. The van der Waals surface area contributed by atoms with Crippen LogP contribution in [0.5, 0.6) is 0 Å². The van der Waals surface area contributed by atoms with Gasteiger partial charge in [-0.25, -0.2) is 4.39 Å². The molecule has 0 saturated carbocycles. The van der Waals surface area contributed by atoms with Crippen LogP contribution in [0.4, 0.5) is 4.39 Å². The Labute approximate surface area is 114 Å². The lowest BCUT2D eigenvalue weighted by Gasteiger charge is -2.11. The molecule has 1 N–H and O–H groups in total. The highest BCUT2D eigenvalue weighted by molar-refractivity contribution is 9.10. The zero-order valence-electron chi connectivity index (χ0n) is 9.47. The number of alkyl halides is 1. The normalized spacial score (nSPS) is 12.2. The maximum absolute atomic E-state index is 12.8. The van der Waals surface area contributed by atoms with Crippen LogP contribution in [0.3, 0.4) is 0 Å². The second kappa shape index (κ2) is 6.97. The van der Waals surface area contributed by atoms with Crippen LogP contribution >= 0.6 is 27.5 Å². The number of halogens is 3. The Hall–Kier alpha value is -0.610. The first kappa shape index (κ1) is 14.5. The molecule has 0 aliphatic heterocycles. The first-order valence-electron chi connectivity index (χ1n) is 5.33. The third-order valence-electron chi connectivity index (χ3n) is 2.39. The second-order valence-electron chi connectivity index (χ2n) is 3.92. The lowest BCUT2D eigenvalue weighted by atomic mass is 10.1. The predicted molar refractivity (Wildman–Crippen MR) is 70.9 cm³/mol. The second-order valence-corrected chi connectivity index (χ2v) is 5.15. The van der Waals surface area contributed by atoms with Crippen molar-refractivity contribution in [1.29, 1.82) is 0 Å². The molecule has 0 aliphatic carbocycles. The van der Waals surface area contributed by atoms with Crippen LogP contribution in [0.2, 0.25) is 0 Å².